The van der Waals surface area contributed by atoms with Crippen LogP contribution in [0.25, 0.3) is 0 Å². The Labute approximate surface area is 161 Å². The number of halogens is 1. The van der Waals surface area contributed by atoms with Crippen LogP contribution in [0.1, 0.15) is 36.7 Å². The normalized spacial score (nSPS) is 11.5. The summed E-state index contributed by atoms with van der Waals surface area (Å²) in [4.78, 5) is 16.1. The van der Waals surface area contributed by atoms with Gasteiger partial charge in [-0.15, -0.1) is 24.0 Å². The molecular formula is C17H29IN4O2. The number of guanidine groups is 1. The Kier molecular flexibility index (Phi) is 10.6. The van der Waals surface area contributed by atoms with E-state index in [0.717, 1.165) is 18.1 Å². The topological polar surface area (TPSA) is 74.8 Å². The van der Waals surface area contributed by atoms with Crippen LogP contribution in [-0.4, -0.2) is 44.7 Å². The molecule has 24 heavy (non-hydrogen) atoms. The Morgan fingerprint density at radius 3 is 2.33 bits per heavy atom. The van der Waals surface area contributed by atoms with Gasteiger partial charge in [-0.2, -0.15) is 0 Å². The predicted octanol–water partition coefficient (Wildman–Crippen LogP) is 2.14. The highest BCUT2D eigenvalue weighted by atomic mass is 127. The first-order valence-electron chi connectivity index (χ1n) is 7.80. The van der Waals surface area contributed by atoms with E-state index in [-0.39, 0.29) is 35.5 Å². The lowest BCUT2D eigenvalue weighted by Gasteiger charge is -2.24. The van der Waals surface area contributed by atoms with Crippen molar-refractivity contribution >= 4 is 35.8 Å². The highest BCUT2D eigenvalue weighted by Gasteiger charge is 2.16. The van der Waals surface area contributed by atoms with Crippen LogP contribution in [0.5, 0.6) is 0 Å². The third kappa shape index (κ3) is 7.96. The van der Waals surface area contributed by atoms with E-state index in [1.807, 2.05) is 32.9 Å². The molecule has 1 amide bonds. The van der Waals surface area contributed by atoms with Crippen LogP contribution < -0.4 is 16.0 Å². The Morgan fingerprint density at radius 2 is 1.83 bits per heavy atom. The lowest BCUT2D eigenvalue weighted by Crippen LogP contribution is -2.45. The van der Waals surface area contributed by atoms with Gasteiger partial charge in [-0.05, 0) is 38.5 Å². The van der Waals surface area contributed by atoms with Crippen molar-refractivity contribution in [2.45, 2.75) is 32.9 Å². The van der Waals surface area contributed by atoms with Crippen molar-refractivity contribution in [3.8, 4) is 0 Å². The van der Waals surface area contributed by atoms with Gasteiger partial charge in [0.05, 0.1) is 12.1 Å². The van der Waals surface area contributed by atoms with E-state index in [4.69, 9.17) is 4.74 Å². The molecule has 0 bridgehead atoms. The van der Waals surface area contributed by atoms with Crippen LogP contribution in [0.4, 0.5) is 0 Å². The van der Waals surface area contributed by atoms with Gasteiger partial charge < -0.3 is 20.7 Å². The van der Waals surface area contributed by atoms with Crippen molar-refractivity contribution in [2.75, 3.05) is 27.2 Å². The summed E-state index contributed by atoms with van der Waals surface area (Å²) in [5, 5.41) is 9.08. The fourth-order valence-corrected chi connectivity index (χ4v) is 1.79. The van der Waals surface area contributed by atoms with Crippen molar-refractivity contribution in [3.63, 3.8) is 0 Å². The fraction of sp³-hybridized carbons (Fsp3) is 0.529. The highest BCUT2D eigenvalue weighted by molar-refractivity contribution is 14.0. The monoisotopic (exact) mass is 448 g/mol. The molecule has 0 spiro atoms. The van der Waals surface area contributed by atoms with E-state index in [0.29, 0.717) is 18.7 Å². The minimum absolute atomic E-state index is 0. The molecule has 1 aromatic rings. The summed E-state index contributed by atoms with van der Waals surface area (Å²) in [6, 6.07) is 7.43. The molecule has 1 aromatic carbocycles. The second-order valence-electron chi connectivity index (χ2n) is 5.79. The molecule has 0 fully saturated rings. The van der Waals surface area contributed by atoms with Gasteiger partial charge in [0.15, 0.2) is 5.96 Å². The molecule has 0 saturated heterocycles. The zero-order valence-electron chi connectivity index (χ0n) is 15.1. The maximum Gasteiger partial charge on any atom is 0.251 e. The summed E-state index contributed by atoms with van der Waals surface area (Å²) in [5.74, 6) is 0.657. The number of aliphatic imine (C=N–C) groups is 1. The SMILES string of the molecule is CCNC(=NCc1ccc(C(=O)NC)cc1)NCC(C)(C)OC.I. The number of nitrogens with one attached hydrogen (secondary N) is 3. The van der Waals surface area contributed by atoms with Gasteiger partial charge in [0.1, 0.15) is 0 Å². The molecule has 0 aliphatic heterocycles. The first kappa shape index (κ1) is 22.6. The molecule has 0 aromatic heterocycles. The van der Waals surface area contributed by atoms with Gasteiger partial charge in [-0.1, -0.05) is 12.1 Å². The number of ether oxygens (including phenoxy) is 1. The molecular weight excluding hydrogens is 419 g/mol. The molecule has 0 heterocycles. The molecule has 0 aliphatic carbocycles. The third-order valence-electron chi connectivity index (χ3n) is 3.44. The predicted molar refractivity (Wildman–Crippen MR) is 109 cm³/mol. The molecule has 0 atom stereocenters. The van der Waals surface area contributed by atoms with Crippen molar-refractivity contribution in [1.82, 2.24) is 16.0 Å². The lowest BCUT2D eigenvalue weighted by atomic mass is 10.1. The third-order valence-corrected chi connectivity index (χ3v) is 3.44. The molecule has 1 rings (SSSR count). The van der Waals surface area contributed by atoms with E-state index in [9.17, 15) is 4.79 Å². The Bertz CT molecular complexity index is 530. The van der Waals surface area contributed by atoms with Crippen LogP contribution in [0.2, 0.25) is 0 Å². The number of benzene rings is 1. The van der Waals surface area contributed by atoms with Crippen LogP contribution >= 0.6 is 24.0 Å². The minimum Gasteiger partial charge on any atom is -0.377 e. The average molecular weight is 448 g/mol. The molecule has 7 heteroatoms. The zero-order valence-corrected chi connectivity index (χ0v) is 17.4. The van der Waals surface area contributed by atoms with Crippen molar-refractivity contribution < 1.29 is 9.53 Å². The van der Waals surface area contributed by atoms with Crippen LogP contribution in [-0.2, 0) is 11.3 Å². The Balaban J connectivity index is 0.00000529. The maximum atomic E-state index is 11.5. The van der Waals surface area contributed by atoms with Crippen molar-refractivity contribution in [1.29, 1.82) is 0 Å². The zero-order chi connectivity index (χ0) is 17.3. The second kappa shape index (κ2) is 11.2. The number of carbonyl (C=O) groups excluding carboxylic acids is 1. The highest BCUT2D eigenvalue weighted by Crippen LogP contribution is 2.07. The summed E-state index contributed by atoms with van der Waals surface area (Å²) in [7, 11) is 3.32. The van der Waals surface area contributed by atoms with E-state index in [2.05, 4.69) is 20.9 Å². The summed E-state index contributed by atoms with van der Waals surface area (Å²) in [6.07, 6.45) is 0. The minimum atomic E-state index is -0.259. The standard InChI is InChI=1S/C17H28N4O2.HI/c1-6-19-16(21-12-17(2,3)23-5)20-11-13-7-9-14(10-8-13)15(22)18-4;/h7-10H,6,11-12H2,1-5H3,(H,18,22)(H2,19,20,21);1H. The van der Waals surface area contributed by atoms with Gasteiger partial charge in [-0.3, -0.25) is 4.79 Å². The summed E-state index contributed by atoms with van der Waals surface area (Å²) >= 11 is 0. The van der Waals surface area contributed by atoms with Gasteiger partial charge in [0, 0.05) is 32.8 Å². The van der Waals surface area contributed by atoms with E-state index >= 15 is 0 Å². The van der Waals surface area contributed by atoms with Crippen molar-refractivity contribution in [3.05, 3.63) is 35.4 Å². The molecule has 0 radical (unpaired) electrons. The number of methoxy groups -OCH3 is 1. The number of nitrogens with zero attached hydrogens (tertiary/aromatic N) is 1. The van der Waals surface area contributed by atoms with Crippen LogP contribution in [0.3, 0.4) is 0 Å². The molecule has 0 unspecified atom stereocenters. The summed E-state index contributed by atoms with van der Waals surface area (Å²) < 4.78 is 5.39. The summed E-state index contributed by atoms with van der Waals surface area (Å²) in [6.45, 7) is 8.04. The number of hydrogen-bond acceptors (Lipinski definition) is 3. The molecule has 3 N–H and O–H groups in total. The number of amides is 1. The molecule has 0 aliphatic rings. The number of carbonyl (C=O) groups is 1. The molecule has 0 saturated carbocycles. The van der Waals surface area contributed by atoms with E-state index in [1.54, 1.807) is 26.3 Å². The van der Waals surface area contributed by atoms with E-state index in [1.165, 1.54) is 0 Å². The van der Waals surface area contributed by atoms with Gasteiger partial charge >= 0.3 is 0 Å². The molecule has 136 valence electrons. The van der Waals surface area contributed by atoms with Gasteiger partial charge in [0.2, 0.25) is 0 Å². The average Bonchev–Trinajstić information content (AvgIpc) is 2.57. The Morgan fingerprint density at radius 1 is 1.21 bits per heavy atom. The van der Waals surface area contributed by atoms with Crippen molar-refractivity contribution in [2.24, 2.45) is 4.99 Å². The quantitative estimate of drug-likeness (QED) is 0.340. The Hall–Kier alpha value is -1.35. The second-order valence-corrected chi connectivity index (χ2v) is 5.79. The largest absolute Gasteiger partial charge is 0.377 e. The lowest BCUT2D eigenvalue weighted by molar-refractivity contribution is 0.0268. The maximum absolute atomic E-state index is 11.5. The number of rotatable bonds is 7. The molecule has 6 nitrogen and oxygen atoms in total. The fourth-order valence-electron chi connectivity index (χ4n) is 1.79. The van der Waals surface area contributed by atoms with Crippen LogP contribution in [0.15, 0.2) is 29.3 Å². The number of hydrogen-bond donors (Lipinski definition) is 3. The van der Waals surface area contributed by atoms with Crippen LogP contribution in [0, 0.1) is 0 Å². The summed E-state index contributed by atoms with van der Waals surface area (Å²) in [5.41, 5.74) is 1.43. The van der Waals surface area contributed by atoms with Gasteiger partial charge in [-0.25, -0.2) is 4.99 Å². The first-order valence-corrected chi connectivity index (χ1v) is 7.80. The smallest absolute Gasteiger partial charge is 0.251 e. The van der Waals surface area contributed by atoms with Gasteiger partial charge in [0.25, 0.3) is 5.91 Å². The first-order chi connectivity index (χ1) is 10.9. The van der Waals surface area contributed by atoms with E-state index < -0.39 is 0 Å².